The molecule has 0 fully saturated rings. The molecule has 0 saturated carbocycles. The summed E-state index contributed by atoms with van der Waals surface area (Å²) < 4.78 is 2.65. The normalized spacial score (nSPS) is 11.6. The minimum Gasteiger partial charge on any atom is -0.310 e. The lowest BCUT2D eigenvalue weighted by Crippen LogP contribution is -2.10. The van der Waals surface area contributed by atoms with Gasteiger partial charge in [0.2, 0.25) is 0 Å². The average molecular weight is 730 g/mol. The van der Waals surface area contributed by atoms with Crippen molar-refractivity contribution in [2.75, 3.05) is 4.90 Å². The predicted octanol–water partition coefficient (Wildman–Crippen LogP) is 16.0. The molecular weight excluding hydrogens is 695 g/mol. The highest BCUT2D eigenvalue weighted by Gasteiger charge is 2.18. The van der Waals surface area contributed by atoms with Crippen LogP contribution in [0.3, 0.4) is 0 Å². The van der Waals surface area contributed by atoms with Crippen molar-refractivity contribution in [1.82, 2.24) is 0 Å². The molecule has 0 amide bonds. The summed E-state index contributed by atoms with van der Waals surface area (Å²) in [5.41, 5.74) is 10.8. The molecule has 11 aromatic rings. The Bertz CT molecular complexity index is 3270. The third-order valence-corrected chi connectivity index (χ3v) is 12.3. The first-order chi connectivity index (χ1) is 27.7. The molecule has 0 aliphatic carbocycles. The quantitative estimate of drug-likeness (QED) is 0.165. The Morgan fingerprint density at radius 2 is 0.875 bits per heavy atom. The van der Waals surface area contributed by atoms with E-state index in [9.17, 15) is 0 Å². The van der Waals surface area contributed by atoms with E-state index < -0.39 is 0 Å². The summed E-state index contributed by atoms with van der Waals surface area (Å²) in [4.78, 5) is 2.40. The molecule has 1 heterocycles. The van der Waals surface area contributed by atoms with Gasteiger partial charge in [0, 0.05) is 36.9 Å². The highest BCUT2D eigenvalue weighted by molar-refractivity contribution is 7.25. The zero-order valence-corrected chi connectivity index (χ0v) is 31.4. The number of nitrogens with zero attached hydrogens (tertiary/aromatic N) is 1. The summed E-state index contributed by atoms with van der Waals surface area (Å²) in [6, 6.07) is 77.8. The van der Waals surface area contributed by atoms with Gasteiger partial charge in [0.25, 0.3) is 0 Å². The van der Waals surface area contributed by atoms with Gasteiger partial charge in [0.1, 0.15) is 0 Å². The van der Waals surface area contributed by atoms with Crippen molar-refractivity contribution in [2.24, 2.45) is 0 Å². The van der Waals surface area contributed by atoms with Gasteiger partial charge in [-0.15, -0.1) is 11.3 Å². The number of rotatable bonds is 6. The highest BCUT2D eigenvalue weighted by atomic mass is 32.1. The fourth-order valence-electron chi connectivity index (χ4n) is 8.43. The van der Waals surface area contributed by atoms with E-state index in [2.05, 4.69) is 217 Å². The summed E-state index contributed by atoms with van der Waals surface area (Å²) in [5.74, 6) is 0. The van der Waals surface area contributed by atoms with Gasteiger partial charge in [-0.05, 0) is 121 Å². The van der Waals surface area contributed by atoms with Crippen LogP contribution in [0.4, 0.5) is 17.1 Å². The topological polar surface area (TPSA) is 3.24 Å². The monoisotopic (exact) mass is 729 g/mol. The highest BCUT2D eigenvalue weighted by Crippen LogP contribution is 2.44. The van der Waals surface area contributed by atoms with E-state index in [-0.39, 0.29) is 0 Å². The van der Waals surface area contributed by atoms with Crippen molar-refractivity contribution in [3.8, 4) is 33.4 Å². The number of benzene rings is 10. The summed E-state index contributed by atoms with van der Waals surface area (Å²) in [6.45, 7) is 0. The summed E-state index contributed by atoms with van der Waals surface area (Å²) in [5, 5.41) is 10.0. The fraction of sp³-hybridized carbons (Fsp3) is 0. The number of fused-ring (bicyclic) bond motifs is 6. The largest absolute Gasteiger partial charge is 0.310 e. The van der Waals surface area contributed by atoms with Crippen LogP contribution in [0.25, 0.3) is 85.9 Å². The molecule has 0 saturated heterocycles. The van der Waals surface area contributed by atoms with Crippen LogP contribution >= 0.6 is 11.3 Å². The van der Waals surface area contributed by atoms with Crippen LogP contribution in [0.15, 0.2) is 212 Å². The number of hydrogen-bond acceptors (Lipinski definition) is 2. The summed E-state index contributed by atoms with van der Waals surface area (Å²) in [6.07, 6.45) is 0. The molecule has 2 heteroatoms. The maximum absolute atomic E-state index is 2.40. The molecule has 0 aliphatic rings. The third-order valence-electron chi connectivity index (χ3n) is 11.2. The van der Waals surface area contributed by atoms with Gasteiger partial charge in [-0.2, -0.15) is 0 Å². The van der Waals surface area contributed by atoms with Crippen LogP contribution < -0.4 is 4.90 Å². The first-order valence-corrected chi connectivity index (χ1v) is 20.0. The van der Waals surface area contributed by atoms with Gasteiger partial charge in [-0.3, -0.25) is 0 Å². The first kappa shape index (κ1) is 32.4. The van der Waals surface area contributed by atoms with Crippen LogP contribution in [-0.2, 0) is 0 Å². The number of para-hydroxylation sites is 1. The SMILES string of the molecule is c1ccc(N(c2ccc3cc(-c4cccc(-c5ccc6ccccc6c5)c4)ccc3c2)c2ccc(-c3ccc4c(c3)sc3ccccc34)c3ccccc23)cc1. The van der Waals surface area contributed by atoms with E-state index >= 15 is 0 Å². The van der Waals surface area contributed by atoms with Crippen molar-refractivity contribution < 1.29 is 0 Å². The standard InChI is InChI=1S/C54H35NS/c1-2-15-45(16-3-1)55(52-30-29-47(48-17-6-7-18-49(48)52)44-26-28-51-50-19-8-9-20-53(50)56-54(51)35-44)46-27-25-42-33-41(23-24-43(42)34-46)39-14-10-13-38(32-39)40-22-21-36-11-4-5-12-37(36)31-40/h1-35H. The van der Waals surface area contributed by atoms with E-state index in [1.807, 2.05) is 11.3 Å². The Hall–Kier alpha value is -7.00. The molecular formula is C54H35NS. The summed E-state index contributed by atoms with van der Waals surface area (Å²) in [7, 11) is 0. The molecule has 11 rings (SSSR count). The zero-order chi connectivity index (χ0) is 37.0. The van der Waals surface area contributed by atoms with Gasteiger partial charge in [0.05, 0.1) is 5.69 Å². The van der Waals surface area contributed by atoms with Crippen LogP contribution in [0.1, 0.15) is 0 Å². The number of hydrogen-bond donors (Lipinski definition) is 0. The van der Waals surface area contributed by atoms with E-state index in [4.69, 9.17) is 0 Å². The second-order valence-corrected chi connectivity index (χ2v) is 15.6. The van der Waals surface area contributed by atoms with E-state index in [1.165, 1.54) is 85.9 Å². The molecule has 0 bridgehead atoms. The molecule has 1 aromatic heterocycles. The molecule has 0 N–H and O–H groups in total. The Morgan fingerprint density at radius 1 is 0.286 bits per heavy atom. The molecule has 1 nitrogen and oxygen atoms in total. The van der Waals surface area contributed by atoms with Crippen LogP contribution in [0.2, 0.25) is 0 Å². The minimum absolute atomic E-state index is 1.12. The second-order valence-electron chi connectivity index (χ2n) is 14.5. The molecule has 0 radical (unpaired) electrons. The van der Waals surface area contributed by atoms with Gasteiger partial charge in [-0.1, -0.05) is 152 Å². The first-order valence-electron chi connectivity index (χ1n) is 19.2. The van der Waals surface area contributed by atoms with Crippen LogP contribution in [-0.4, -0.2) is 0 Å². The molecule has 0 aliphatic heterocycles. The smallest absolute Gasteiger partial charge is 0.0540 e. The lowest BCUT2D eigenvalue weighted by Gasteiger charge is -2.28. The van der Waals surface area contributed by atoms with Crippen molar-refractivity contribution in [1.29, 1.82) is 0 Å². The van der Waals surface area contributed by atoms with Crippen LogP contribution in [0, 0.1) is 0 Å². The van der Waals surface area contributed by atoms with Crippen molar-refractivity contribution in [3.05, 3.63) is 212 Å². The Morgan fingerprint density at radius 3 is 1.70 bits per heavy atom. The van der Waals surface area contributed by atoms with E-state index in [0.717, 1.165) is 17.1 Å². The van der Waals surface area contributed by atoms with Gasteiger partial charge >= 0.3 is 0 Å². The zero-order valence-electron chi connectivity index (χ0n) is 30.6. The Kier molecular flexibility index (Phi) is 7.75. The van der Waals surface area contributed by atoms with Crippen LogP contribution in [0.5, 0.6) is 0 Å². The molecule has 0 atom stereocenters. The maximum atomic E-state index is 2.40. The van der Waals surface area contributed by atoms with Crippen molar-refractivity contribution >= 4 is 80.9 Å². The van der Waals surface area contributed by atoms with Gasteiger partial charge in [-0.25, -0.2) is 0 Å². The summed E-state index contributed by atoms with van der Waals surface area (Å²) >= 11 is 1.87. The fourth-order valence-corrected chi connectivity index (χ4v) is 9.57. The lowest BCUT2D eigenvalue weighted by atomic mass is 9.95. The lowest BCUT2D eigenvalue weighted by molar-refractivity contribution is 1.30. The Balaban J connectivity index is 0.985. The van der Waals surface area contributed by atoms with E-state index in [1.54, 1.807) is 0 Å². The average Bonchev–Trinajstić information content (AvgIpc) is 3.64. The second kappa shape index (κ2) is 13.4. The Labute approximate surface area is 330 Å². The third kappa shape index (κ3) is 5.62. The van der Waals surface area contributed by atoms with Gasteiger partial charge in [0.15, 0.2) is 0 Å². The molecule has 0 spiro atoms. The molecule has 0 unspecified atom stereocenters. The van der Waals surface area contributed by atoms with Crippen molar-refractivity contribution in [2.45, 2.75) is 0 Å². The predicted molar refractivity (Wildman–Crippen MR) is 243 cm³/mol. The number of anilines is 3. The van der Waals surface area contributed by atoms with E-state index in [0.29, 0.717) is 0 Å². The van der Waals surface area contributed by atoms with Gasteiger partial charge < -0.3 is 4.90 Å². The number of thiophene rings is 1. The molecule has 262 valence electrons. The maximum Gasteiger partial charge on any atom is 0.0540 e. The molecule has 56 heavy (non-hydrogen) atoms. The van der Waals surface area contributed by atoms with Crippen molar-refractivity contribution in [3.63, 3.8) is 0 Å². The molecule has 10 aromatic carbocycles. The minimum atomic E-state index is 1.12.